The van der Waals surface area contributed by atoms with Crippen LogP contribution in [-0.4, -0.2) is 24.3 Å². The summed E-state index contributed by atoms with van der Waals surface area (Å²) in [5, 5.41) is 0. The van der Waals surface area contributed by atoms with Gasteiger partial charge < -0.3 is 9.64 Å². The van der Waals surface area contributed by atoms with Gasteiger partial charge in [0.05, 0.1) is 5.69 Å². The van der Waals surface area contributed by atoms with E-state index in [4.69, 9.17) is 4.74 Å². The van der Waals surface area contributed by atoms with Crippen LogP contribution in [0.15, 0.2) is 30.4 Å². The number of anilines is 1. The molecule has 3 aliphatic rings. The molecule has 0 unspecified atom stereocenters. The van der Waals surface area contributed by atoms with Crippen molar-refractivity contribution in [3.63, 3.8) is 0 Å². The summed E-state index contributed by atoms with van der Waals surface area (Å²) >= 11 is 0. The topological polar surface area (TPSA) is 46.6 Å². The maximum absolute atomic E-state index is 12.8. The van der Waals surface area contributed by atoms with Crippen molar-refractivity contribution >= 4 is 17.4 Å². The summed E-state index contributed by atoms with van der Waals surface area (Å²) in [5.41, 5.74) is 0.783. The number of carbonyl (C=O) groups excluding carboxylic acids is 2. The van der Waals surface area contributed by atoms with Crippen molar-refractivity contribution in [3.05, 3.63) is 41.5 Å². The molecule has 0 aromatic heterocycles. The molecule has 108 valence electrons. The van der Waals surface area contributed by atoms with Gasteiger partial charge in [-0.25, -0.2) is 0 Å². The van der Waals surface area contributed by atoms with Gasteiger partial charge in [0.25, 0.3) is 5.91 Å². The van der Waals surface area contributed by atoms with Gasteiger partial charge >= 0.3 is 0 Å². The van der Waals surface area contributed by atoms with Gasteiger partial charge in [-0.05, 0) is 38.0 Å². The van der Waals surface area contributed by atoms with E-state index in [1.165, 1.54) is 0 Å². The highest BCUT2D eigenvalue weighted by Crippen LogP contribution is 2.51. The van der Waals surface area contributed by atoms with Crippen molar-refractivity contribution in [2.75, 3.05) is 11.9 Å². The third kappa shape index (κ3) is 1.43. The lowest BCUT2D eigenvalue weighted by molar-refractivity contribution is -0.156. The fourth-order valence-electron chi connectivity index (χ4n) is 3.73. The average molecular weight is 283 g/mol. The number of fused-ring (bicyclic) bond motifs is 2. The van der Waals surface area contributed by atoms with Gasteiger partial charge in [0, 0.05) is 19.0 Å². The van der Waals surface area contributed by atoms with Gasteiger partial charge in [-0.3, -0.25) is 9.59 Å². The minimum absolute atomic E-state index is 0.0900. The number of rotatable bonds is 0. The number of likely N-dealkylation sites (N-methyl/N-ethyl adjacent to an activating group) is 1. The number of amides is 1. The average Bonchev–Trinajstić information content (AvgIpc) is 3.08. The standard InChI is InChI=1S/C17H17NO3/c1-11-5-6-13-12(10-11)17(15(20)18(13)2)9-8-16(21-17)7-3-4-14(16)19/h5-6,8-10H,3-4,7H2,1-2H3/t16-,17+/m1/s1. The molecule has 1 aromatic carbocycles. The lowest BCUT2D eigenvalue weighted by Gasteiger charge is -2.28. The molecule has 1 saturated carbocycles. The minimum atomic E-state index is -1.11. The second kappa shape index (κ2) is 3.83. The molecular formula is C17H17NO3. The molecule has 1 fully saturated rings. The normalized spacial score (nSPS) is 33.7. The van der Waals surface area contributed by atoms with Crippen LogP contribution in [0, 0.1) is 6.92 Å². The summed E-state index contributed by atoms with van der Waals surface area (Å²) in [6.45, 7) is 1.99. The Hall–Kier alpha value is -1.94. The monoisotopic (exact) mass is 283 g/mol. The third-order valence-corrected chi connectivity index (χ3v) is 4.89. The van der Waals surface area contributed by atoms with Gasteiger partial charge in [0.2, 0.25) is 0 Å². The second-order valence-electron chi connectivity index (χ2n) is 6.22. The predicted molar refractivity (Wildman–Crippen MR) is 78.1 cm³/mol. The van der Waals surface area contributed by atoms with E-state index in [1.54, 1.807) is 18.0 Å². The molecule has 0 bridgehead atoms. The third-order valence-electron chi connectivity index (χ3n) is 4.89. The van der Waals surface area contributed by atoms with Crippen molar-refractivity contribution in [3.8, 4) is 0 Å². The number of hydrogen-bond donors (Lipinski definition) is 0. The molecule has 0 radical (unpaired) electrons. The molecule has 2 aliphatic heterocycles. The zero-order valence-electron chi connectivity index (χ0n) is 12.2. The second-order valence-corrected chi connectivity index (χ2v) is 6.22. The van der Waals surface area contributed by atoms with Crippen molar-refractivity contribution in [2.45, 2.75) is 37.4 Å². The molecule has 4 rings (SSSR count). The Balaban J connectivity index is 1.87. The molecule has 1 amide bonds. The Morgan fingerprint density at radius 3 is 2.76 bits per heavy atom. The highest BCUT2D eigenvalue weighted by Gasteiger charge is 2.59. The Morgan fingerprint density at radius 2 is 2.05 bits per heavy atom. The molecule has 2 spiro atoms. The van der Waals surface area contributed by atoms with Gasteiger partial charge in [-0.2, -0.15) is 0 Å². The number of nitrogens with zero attached hydrogens (tertiary/aromatic N) is 1. The van der Waals surface area contributed by atoms with E-state index < -0.39 is 11.2 Å². The Labute approximate surface area is 123 Å². The maximum atomic E-state index is 12.8. The summed E-state index contributed by atoms with van der Waals surface area (Å²) in [6, 6.07) is 5.91. The molecule has 4 nitrogen and oxygen atoms in total. The highest BCUT2D eigenvalue weighted by atomic mass is 16.5. The van der Waals surface area contributed by atoms with Gasteiger partial charge in [0.15, 0.2) is 11.4 Å². The van der Waals surface area contributed by atoms with Crippen LogP contribution in [0.4, 0.5) is 5.69 Å². The SMILES string of the molecule is Cc1ccc2c(c1)[C@@]1(C=C[C@@]3(CCCC3=O)O1)C(=O)N2C. The maximum Gasteiger partial charge on any atom is 0.267 e. The lowest BCUT2D eigenvalue weighted by Crippen LogP contribution is -2.44. The number of Topliss-reactive ketones (excluding diaryl/α,β-unsaturated/α-hetero) is 1. The highest BCUT2D eigenvalue weighted by molar-refractivity contribution is 6.09. The summed E-state index contributed by atoms with van der Waals surface area (Å²) in [4.78, 5) is 26.6. The number of hydrogen-bond acceptors (Lipinski definition) is 3. The summed E-state index contributed by atoms with van der Waals surface area (Å²) < 4.78 is 6.18. The quantitative estimate of drug-likeness (QED) is 0.686. The van der Waals surface area contributed by atoms with E-state index in [-0.39, 0.29) is 11.7 Å². The number of carbonyl (C=O) groups is 2. The predicted octanol–water partition coefficient (Wildman–Crippen LogP) is 2.24. The first kappa shape index (κ1) is 12.8. The fourth-order valence-corrected chi connectivity index (χ4v) is 3.73. The number of benzene rings is 1. The number of ketones is 1. The largest absolute Gasteiger partial charge is 0.338 e. The van der Waals surface area contributed by atoms with Crippen molar-refractivity contribution < 1.29 is 14.3 Å². The van der Waals surface area contributed by atoms with E-state index in [0.717, 1.165) is 23.2 Å². The molecule has 1 aromatic rings. The zero-order valence-corrected chi connectivity index (χ0v) is 12.2. The van der Waals surface area contributed by atoms with E-state index in [1.807, 2.05) is 31.2 Å². The van der Waals surface area contributed by atoms with Crippen molar-refractivity contribution in [1.29, 1.82) is 0 Å². The van der Waals surface area contributed by atoms with Crippen LogP contribution < -0.4 is 4.90 Å². The van der Waals surface area contributed by atoms with E-state index >= 15 is 0 Å². The first-order valence-corrected chi connectivity index (χ1v) is 7.32. The van der Waals surface area contributed by atoms with Crippen LogP contribution in [0.2, 0.25) is 0 Å². The molecule has 0 N–H and O–H groups in total. The molecule has 0 saturated heterocycles. The van der Waals surface area contributed by atoms with Gasteiger partial charge in [-0.15, -0.1) is 0 Å². The van der Waals surface area contributed by atoms with Gasteiger partial charge in [-0.1, -0.05) is 17.7 Å². The Kier molecular flexibility index (Phi) is 2.33. The first-order chi connectivity index (χ1) is 9.98. The fraction of sp³-hybridized carbons (Fsp3) is 0.412. The Bertz CT molecular complexity index is 708. The molecule has 2 atom stereocenters. The number of ether oxygens (including phenoxy) is 1. The van der Waals surface area contributed by atoms with E-state index in [9.17, 15) is 9.59 Å². The molecule has 4 heteroatoms. The molecule has 1 aliphatic carbocycles. The smallest absolute Gasteiger partial charge is 0.267 e. The van der Waals surface area contributed by atoms with E-state index in [2.05, 4.69) is 0 Å². The van der Waals surface area contributed by atoms with Crippen molar-refractivity contribution in [2.24, 2.45) is 0 Å². The van der Waals surface area contributed by atoms with E-state index in [0.29, 0.717) is 12.8 Å². The summed E-state index contributed by atoms with van der Waals surface area (Å²) in [5.74, 6) is -0.0249. The van der Waals surface area contributed by atoms with Gasteiger partial charge in [0.1, 0.15) is 5.60 Å². The zero-order chi connectivity index (χ0) is 14.8. The van der Waals surface area contributed by atoms with Crippen LogP contribution in [0.3, 0.4) is 0 Å². The minimum Gasteiger partial charge on any atom is -0.338 e. The van der Waals surface area contributed by atoms with Crippen LogP contribution in [0.1, 0.15) is 30.4 Å². The Morgan fingerprint density at radius 1 is 1.24 bits per heavy atom. The van der Waals surface area contributed by atoms with Crippen LogP contribution >= 0.6 is 0 Å². The first-order valence-electron chi connectivity index (χ1n) is 7.32. The molecular weight excluding hydrogens is 266 g/mol. The number of aryl methyl sites for hydroxylation is 1. The lowest BCUT2D eigenvalue weighted by atomic mass is 9.94. The summed E-state index contributed by atoms with van der Waals surface area (Å²) in [6.07, 6.45) is 5.63. The summed E-state index contributed by atoms with van der Waals surface area (Å²) in [7, 11) is 1.75. The van der Waals surface area contributed by atoms with Crippen molar-refractivity contribution in [1.82, 2.24) is 0 Å². The molecule has 2 heterocycles. The van der Waals surface area contributed by atoms with Crippen LogP contribution in [-0.2, 0) is 19.9 Å². The molecule has 21 heavy (non-hydrogen) atoms. The van der Waals surface area contributed by atoms with Crippen LogP contribution in [0.25, 0.3) is 0 Å². The van der Waals surface area contributed by atoms with Crippen LogP contribution in [0.5, 0.6) is 0 Å².